The van der Waals surface area contributed by atoms with E-state index in [1.165, 1.54) is 11.8 Å². The molecule has 0 N–H and O–H groups in total. The lowest BCUT2D eigenvalue weighted by Gasteiger charge is -2.30. The highest BCUT2D eigenvalue weighted by molar-refractivity contribution is 7.99. The van der Waals surface area contributed by atoms with E-state index in [1.54, 1.807) is 4.68 Å². The molecule has 0 aromatic carbocycles. The van der Waals surface area contributed by atoms with Gasteiger partial charge < -0.3 is 4.90 Å². The maximum Gasteiger partial charge on any atom is 0.232 e. The molecule has 2 aromatic rings. The van der Waals surface area contributed by atoms with Crippen LogP contribution in [0.15, 0.2) is 23.2 Å². The van der Waals surface area contributed by atoms with Gasteiger partial charge in [-0.3, -0.25) is 4.79 Å². The summed E-state index contributed by atoms with van der Waals surface area (Å²) in [5.74, 6) is 2.04. The van der Waals surface area contributed by atoms with Gasteiger partial charge in [0.05, 0.1) is 11.4 Å². The zero-order valence-electron chi connectivity index (χ0n) is 14.4. The van der Waals surface area contributed by atoms with Crippen molar-refractivity contribution in [2.75, 3.05) is 18.8 Å². The molecule has 0 unspecified atom stereocenters. The summed E-state index contributed by atoms with van der Waals surface area (Å²) in [7, 11) is 0. The van der Waals surface area contributed by atoms with Crippen molar-refractivity contribution in [3.63, 3.8) is 0 Å². The SMILES string of the molecule is Cc1cc(C)n(-c2ccc(SCC(=O)N3CCC(C)CC3)nn2)n1. The predicted octanol–water partition coefficient (Wildman–Crippen LogP) is 2.63. The molecule has 128 valence electrons. The molecule has 0 aliphatic carbocycles. The summed E-state index contributed by atoms with van der Waals surface area (Å²) in [5.41, 5.74) is 1.98. The van der Waals surface area contributed by atoms with Crippen LogP contribution in [-0.4, -0.2) is 49.6 Å². The largest absolute Gasteiger partial charge is 0.342 e. The summed E-state index contributed by atoms with van der Waals surface area (Å²) in [4.78, 5) is 14.2. The number of carbonyl (C=O) groups excluding carboxylic acids is 1. The molecule has 0 bridgehead atoms. The van der Waals surface area contributed by atoms with Crippen LogP contribution in [0.25, 0.3) is 5.82 Å². The van der Waals surface area contributed by atoms with Crippen LogP contribution in [0, 0.1) is 19.8 Å². The molecule has 0 radical (unpaired) electrons. The summed E-state index contributed by atoms with van der Waals surface area (Å²) >= 11 is 1.44. The van der Waals surface area contributed by atoms with Gasteiger partial charge in [-0.05, 0) is 50.8 Å². The van der Waals surface area contributed by atoms with E-state index in [-0.39, 0.29) is 5.91 Å². The first-order valence-electron chi connectivity index (χ1n) is 8.31. The molecule has 1 amide bonds. The molecular weight excluding hydrogens is 322 g/mol. The fourth-order valence-electron chi connectivity index (χ4n) is 2.85. The number of hydrogen-bond acceptors (Lipinski definition) is 5. The van der Waals surface area contributed by atoms with Crippen LogP contribution in [0.4, 0.5) is 0 Å². The molecule has 24 heavy (non-hydrogen) atoms. The number of amides is 1. The molecule has 1 aliphatic rings. The number of hydrogen-bond donors (Lipinski definition) is 0. The smallest absolute Gasteiger partial charge is 0.232 e. The molecule has 1 aliphatic heterocycles. The highest BCUT2D eigenvalue weighted by Gasteiger charge is 2.20. The van der Waals surface area contributed by atoms with E-state index in [0.717, 1.165) is 48.3 Å². The van der Waals surface area contributed by atoms with E-state index < -0.39 is 0 Å². The molecule has 7 heteroatoms. The van der Waals surface area contributed by atoms with E-state index in [1.807, 2.05) is 36.9 Å². The van der Waals surface area contributed by atoms with Crippen LogP contribution < -0.4 is 0 Å². The topological polar surface area (TPSA) is 63.9 Å². The van der Waals surface area contributed by atoms with Crippen LogP contribution in [0.1, 0.15) is 31.2 Å². The molecular formula is C17H23N5OS. The second-order valence-corrected chi connectivity index (χ2v) is 7.42. The molecule has 1 fully saturated rings. The van der Waals surface area contributed by atoms with Gasteiger partial charge in [0, 0.05) is 18.8 Å². The van der Waals surface area contributed by atoms with Gasteiger partial charge in [-0.1, -0.05) is 18.7 Å². The van der Waals surface area contributed by atoms with Gasteiger partial charge in [0.1, 0.15) is 5.03 Å². The standard InChI is InChI=1S/C17H23N5OS/c1-12-6-8-21(9-7-12)17(23)11-24-16-5-4-15(18-19-16)22-14(3)10-13(2)20-22/h4-5,10,12H,6-9,11H2,1-3H3. The molecule has 3 heterocycles. The Balaban J connectivity index is 1.56. The molecule has 3 rings (SSSR count). The third-order valence-electron chi connectivity index (χ3n) is 4.33. The lowest BCUT2D eigenvalue weighted by atomic mass is 9.99. The second-order valence-electron chi connectivity index (χ2n) is 6.42. The van der Waals surface area contributed by atoms with Gasteiger partial charge in [0.15, 0.2) is 5.82 Å². The van der Waals surface area contributed by atoms with E-state index >= 15 is 0 Å². The number of carbonyl (C=O) groups is 1. The zero-order valence-corrected chi connectivity index (χ0v) is 15.2. The first-order valence-corrected chi connectivity index (χ1v) is 9.29. The third kappa shape index (κ3) is 3.95. The first-order chi connectivity index (χ1) is 11.5. The number of likely N-dealkylation sites (tertiary alicyclic amines) is 1. The Hall–Kier alpha value is -1.89. The molecule has 0 saturated carbocycles. The average molecular weight is 345 g/mol. The molecule has 6 nitrogen and oxygen atoms in total. The Bertz CT molecular complexity index is 704. The molecule has 1 saturated heterocycles. The molecule has 0 atom stereocenters. The number of rotatable bonds is 4. The lowest BCUT2D eigenvalue weighted by Crippen LogP contribution is -2.38. The minimum absolute atomic E-state index is 0.191. The third-order valence-corrected chi connectivity index (χ3v) is 5.24. The first kappa shape index (κ1) is 17.0. The van der Waals surface area contributed by atoms with Crippen molar-refractivity contribution >= 4 is 17.7 Å². The lowest BCUT2D eigenvalue weighted by molar-refractivity contribution is -0.129. The monoisotopic (exact) mass is 345 g/mol. The zero-order chi connectivity index (χ0) is 17.1. The highest BCUT2D eigenvalue weighted by Crippen LogP contribution is 2.20. The van der Waals surface area contributed by atoms with Crippen LogP contribution >= 0.6 is 11.8 Å². The van der Waals surface area contributed by atoms with E-state index in [2.05, 4.69) is 22.2 Å². The van der Waals surface area contributed by atoms with E-state index in [0.29, 0.717) is 11.6 Å². The van der Waals surface area contributed by atoms with Crippen LogP contribution in [0.3, 0.4) is 0 Å². The van der Waals surface area contributed by atoms with E-state index in [4.69, 9.17) is 0 Å². The van der Waals surface area contributed by atoms with Gasteiger partial charge in [-0.25, -0.2) is 4.68 Å². The fourth-order valence-corrected chi connectivity index (χ4v) is 3.57. The maximum absolute atomic E-state index is 12.3. The van der Waals surface area contributed by atoms with Crippen LogP contribution in [-0.2, 0) is 4.79 Å². The number of aromatic nitrogens is 4. The number of piperidine rings is 1. The molecule has 2 aromatic heterocycles. The average Bonchev–Trinajstić information content (AvgIpc) is 2.92. The highest BCUT2D eigenvalue weighted by atomic mass is 32.2. The van der Waals surface area contributed by atoms with Crippen molar-refractivity contribution in [2.24, 2.45) is 5.92 Å². The number of nitrogens with zero attached hydrogens (tertiary/aromatic N) is 5. The van der Waals surface area contributed by atoms with Gasteiger partial charge >= 0.3 is 0 Å². The van der Waals surface area contributed by atoms with Crippen molar-refractivity contribution in [3.8, 4) is 5.82 Å². The number of thioether (sulfide) groups is 1. The summed E-state index contributed by atoms with van der Waals surface area (Å²) in [6, 6.07) is 5.79. The second kappa shape index (κ2) is 7.34. The van der Waals surface area contributed by atoms with Gasteiger partial charge in [0.25, 0.3) is 0 Å². The van der Waals surface area contributed by atoms with Gasteiger partial charge in [-0.2, -0.15) is 5.10 Å². The van der Waals surface area contributed by atoms with Crippen molar-refractivity contribution in [1.29, 1.82) is 0 Å². The summed E-state index contributed by atoms with van der Waals surface area (Å²) in [5, 5.41) is 13.6. The summed E-state index contributed by atoms with van der Waals surface area (Å²) < 4.78 is 1.77. The number of aryl methyl sites for hydroxylation is 2. The minimum atomic E-state index is 0.191. The van der Waals surface area contributed by atoms with Gasteiger partial charge in [0.2, 0.25) is 5.91 Å². The predicted molar refractivity (Wildman–Crippen MR) is 94.3 cm³/mol. The fraction of sp³-hybridized carbons (Fsp3) is 0.529. The van der Waals surface area contributed by atoms with Crippen LogP contribution in [0.2, 0.25) is 0 Å². The van der Waals surface area contributed by atoms with Crippen molar-refractivity contribution in [3.05, 3.63) is 29.6 Å². The Labute approximate surface area is 146 Å². The minimum Gasteiger partial charge on any atom is -0.342 e. The summed E-state index contributed by atoms with van der Waals surface area (Å²) in [6.07, 6.45) is 2.21. The Kier molecular flexibility index (Phi) is 5.18. The molecule has 0 spiro atoms. The normalized spacial score (nSPS) is 15.7. The van der Waals surface area contributed by atoms with E-state index in [9.17, 15) is 4.79 Å². The van der Waals surface area contributed by atoms with Crippen molar-refractivity contribution in [2.45, 2.75) is 38.6 Å². The Morgan fingerprint density at radius 3 is 2.58 bits per heavy atom. The van der Waals surface area contributed by atoms with Crippen LogP contribution in [0.5, 0.6) is 0 Å². The van der Waals surface area contributed by atoms with Gasteiger partial charge in [-0.15, -0.1) is 10.2 Å². The Morgan fingerprint density at radius 2 is 2.00 bits per heavy atom. The maximum atomic E-state index is 12.3. The van der Waals surface area contributed by atoms with Crippen molar-refractivity contribution < 1.29 is 4.79 Å². The van der Waals surface area contributed by atoms with Crippen molar-refractivity contribution in [1.82, 2.24) is 24.9 Å². The summed E-state index contributed by atoms with van der Waals surface area (Å²) in [6.45, 7) is 7.94. The Morgan fingerprint density at radius 1 is 1.25 bits per heavy atom. The quantitative estimate of drug-likeness (QED) is 0.797.